The van der Waals surface area contributed by atoms with Crippen molar-refractivity contribution in [2.24, 2.45) is 0 Å². The van der Waals surface area contributed by atoms with Gasteiger partial charge in [-0.3, -0.25) is 4.90 Å². The van der Waals surface area contributed by atoms with Gasteiger partial charge in [0.1, 0.15) is 17.5 Å². The third-order valence-electron chi connectivity index (χ3n) is 6.40. The standard InChI is InChI=1S/C24H21N7.C6H7NO.2ClHO4.Cu.3H2O/c1-2-8-17-16(7-1)25-22(26-17)13-31(14-23-27-18-9-3-4-10-19(18)28-23)15-24-29-20-11-5-6-12-21(20)30-24;1-6-2-4-7(8)5-3-6;2*2-1(3,4)5;;;;/h1-12H,13-15H2,(H,25,26)(H,27,28)(H,29,30);2-5H,1H3;2*(H,2,3,4,5);;3*1H2/q;;;;+2;;;/p-2. The molecular formula is C30H34Cl2CuN8O12. The van der Waals surface area contributed by atoms with Crippen LogP contribution in [0.5, 0.6) is 0 Å². The van der Waals surface area contributed by atoms with Crippen LogP contribution in [0.4, 0.5) is 0 Å². The Hall–Kier alpha value is -4.36. The zero-order valence-corrected chi connectivity index (χ0v) is 29.8. The second-order valence-corrected chi connectivity index (χ2v) is 11.8. The quantitative estimate of drug-likeness (QED) is 0.0798. The number of halogens is 2. The van der Waals surface area contributed by atoms with Gasteiger partial charge in [0.2, 0.25) is 0 Å². The molecule has 0 aliphatic heterocycles. The number of pyridine rings is 1. The fraction of sp³-hybridized carbons (Fsp3) is 0.133. The van der Waals surface area contributed by atoms with E-state index >= 15 is 0 Å². The van der Waals surface area contributed by atoms with Crippen LogP contribution in [0.15, 0.2) is 97.3 Å². The predicted molar refractivity (Wildman–Crippen MR) is 162 cm³/mol. The van der Waals surface area contributed by atoms with Gasteiger partial charge in [-0.1, -0.05) is 36.4 Å². The fourth-order valence-corrected chi connectivity index (χ4v) is 4.53. The Balaban J connectivity index is 0.00000103. The summed E-state index contributed by atoms with van der Waals surface area (Å²) in [5, 5.41) is 10.3. The van der Waals surface area contributed by atoms with Crippen LogP contribution in [0.1, 0.15) is 23.0 Å². The Morgan fingerprint density at radius 3 is 1.04 bits per heavy atom. The maximum Gasteiger partial charge on any atom is 2.00 e. The van der Waals surface area contributed by atoms with Gasteiger partial charge < -0.3 is 36.6 Å². The van der Waals surface area contributed by atoms with Crippen LogP contribution in [0.25, 0.3) is 33.1 Å². The van der Waals surface area contributed by atoms with Crippen molar-refractivity contribution < 1.29 is 96.0 Å². The molecule has 4 aromatic heterocycles. The van der Waals surface area contributed by atoms with Crippen molar-refractivity contribution in [3.8, 4) is 0 Å². The number of aromatic nitrogens is 7. The number of rotatable bonds is 6. The van der Waals surface area contributed by atoms with Crippen molar-refractivity contribution in [3.05, 3.63) is 126 Å². The predicted octanol–water partition coefficient (Wildman–Crippen LogP) is -6.84. The van der Waals surface area contributed by atoms with Crippen LogP contribution in [-0.4, -0.2) is 51.2 Å². The molecule has 9 N–H and O–H groups in total. The van der Waals surface area contributed by atoms with E-state index in [2.05, 4.69) is 38.1 Å². The van der Waals surface area contributed by atoms with Crippen LogP contribution in [0.2, 0.25) is 0 Å². The van der Waals surface area contributed by atoms with Gasteiger partial charge in [-0.25, -0.2) is 52.2 Å². The van der Waals surface area contributed by atoms with Gasteiger partial charge >= 0.3 is 17.1 Å². The number of benzene rings is 3. The molecule has 0 saturated heterocycles. The van der Waals surface area contributed by atoms with E-state index in [0.29, 0.717) is 19.6 Å². The van der Waals surface area contributed by atoms with E-state index in [1.807, 2.05) is 61.5 Å². The number of para-hydroxylation sites is 6. The molecule has 0 aliphatic rings. The van der Waals surface area contributed by atoms with E-state index in [9.17, 15) is 5.21 Å². The minimum Gasteiger partial charge on any atom is -0.619 e. The summed E-state index contributed by atoms with van der Waals surface area (Å²) in [6, 6.07) is 27.8. The molecule has 0 aliphatic carbocycles. The molecule has 23 heteroatoms. The van der Waals surface area contributed by atoms with Gasteiger partial charge in [-0.2, -0.15) is 4.73 Å². The van der Waals surface area contributed by atoms with E-state index in [0.717, 1.165) is 60.9 Å². The fourth-order valence-electron chi connectivity index (χ4n) is 4.53. The zero-order chi connectivity index (χ0) is 35.6. The normalized spacial score (nSPS) is 10.6. The molecule has 0 saturated carbocycles. The van der Waals surface area contributed by atoms with E-state index in [4.69, 9.17) is 52.2 Å². The molecule has 7 aromatic rings. The van der Waals surface area contributed by atoms with E-state index < -0.39 is 20.5 Å². The first-order valence-electron chi connectivity index (χ1n) is 14.0. The summed E-state index contributed by atoms with van der Waals surface area (Å²) in [5.41, 5.74) is 7.18. The van der Waals surface area contributed by atoms with Crippen molar-refractivity contribution >= 4 is 33.1 Å². The summed E-state index contributed by atoms with van der Waals surface area (Å²) in [6.07, 6.45) is 2.96. The van der Waals surface area contributed by atoms with Crippen molar-refractivity contribution in [2.75, 3.05) is 0 Å². The number of H-pyrrole nitrogens is 3. The Labute approximate surface area is 315 Å². The van der Waals surface area contributed by atoms with Gasteiger partial charge in [0.25, 0.3) is 0 Å². The number of imidazole rings is 3. The van der Waals surface area contributed by atoms with Crippen LogP contribution in [0, 0.1) is 32.6 Å². The SMILES string of the molecule is Cc1cc[n+]([O-])cc1.O.O.O.[Cu+2].[O-][Cl+3]([O-])([O-])[O-].[O-][Cl+3]([O-])([O-])[O-].c1ccc2[nH]c(CN(Cc3nc4ccccc4[nH]3)Cc3nc4ccccc4[nH]3)nc2c1. The molecule has 291 valence electrons. The van der Waals surface area contributed by atoms with Crippen LogP contribution >= 0.6 is 0 Å². The molecule has 20 nitrogen and oxygen atoms in total. The minimum absolute atomic E-state index is 0. The van der Waals surface area contributed by atoms with Gasteiger partial charge in [0, 0.05) is 12.1 Å². The van der Waals surface area contributed by atoms with Crippen LogP contribution in [0.3, 0.4) is 0 Å². The number of hydrogen-bond donors (Lipinski definition) is 3. The van der Waals surface area contributed by atoms with Crippen molar-refractivity contribution in [2.45, 2.75) is 26.6 Å². The third kappa shape index (κ3) is 17.8. The zero-order valence-electron chi connectivity index (χ0n) is 27.3. The number of nitrogens with zero attached hydrogens (tertiary/aromatic N) is 5. The smallest absolute Gasteiger partial charge is 0.619 e. The first-order chi connectivity index (χ1) is 23.1. The molecule has 0 atom stereocenters. The molecule has 0 amide bonds. The van der Waals surface area contributed by atoms with Gasteiger partial charge in [-0.05, 0) is 48.9 Å². The molecule has 0 fully saturated rings. The summed E-state index contributed by atoms with van der Waals surface area (Å²) < 4.78 is 68.7. The molecule has 7 rings (SSSR count). The van der Waals surface area contributed by atoms with Crippen molar-refractivity contribution in [3.63, 3.8) is 0 Å². The van der Waals surface area contributed by atoms with Crippen molar-refractivity contribution in [1.82, 2.24) is 34.8 Å². The van der Waals surface area contributed by atoms with Crippen molar-refractivity contribution in [1.29, 1.82) is 0 Å². The second-order valence-electron chi connectivity index (χ2n) is 10.2. The molecule has 1 radical (unpaired) electrons. The third-order valence-corrected chi connectivity index (χ3v) is 6.40. The molecule has 4 heterocycles. The molecule has 0 spiro atoms. The van der Waals surface area contributed by atoms with E-state index in [1.165, 1.54) is 12.4 Å². The Bertz CT molecular complexity index is 1750. The molecule has 0 bridgehead atoms. The summed E-state index contributed by atoms with van der Waals surface area (Å²) >= 11 is 0. The van der Waals surface area contributed by atoms with Gasteiger partial charge in [0.15, 0.2) is 12.4 Å². The monoisotopic (exact) mass is 831 g/mol. The Morgan fingerprint density at radius 1 is 0.528 bits per heavy atom. The Kier molecular flexibility index (Phi) is 20.2. The largest absolute Gasteiger partial charge is 2.00 e. The first kappa shape index (κ1) is 48.6. The van der Waals surface area contributed by atoms with Crippen LogP contribution < -0.4 is 42.0 Å². The number of aromatic amines is 3. The number of nitrogens with one attached hydrogen (secondary N) is 3. The summed E-state index contributed by atoms with van der Waals surface area (Å²) in [7, 11) is -9.89. The average molecular weight is 833 g/mol. The number of hydrogen-bond acceptors (Lipinski definition) is 13. The average Bonchev–Trinajstić information content (AvgIpc) is 3.72. The molecule has 53 heavy (non-hydrogen) atoms. The minimum atomic E-state index is -4.94. The molecular weight excluding hydrogens is 799 g/mol. The summed E-state index contributed by atoms with van der Waals surface area (Å²) in [6.45, 7) is 3.91. The maximum absolute atomic E-state index is 10.3. The topological polar surface area (TPSA) is 395 Å². The second kappa shape index (κ2) is 22.0. The number of fused-ring (bicyclic) bond motifs is 3. The molecule has 0 unspecified atom stereocenters. The van der Waals surface area contributed by atoms with E-state index in [-0.39, 0.29) is 33.5 Å². The molecule has 3 aromatic carbocycles. The van der Waals surface area contributed by atoms with E-state index in [1.54, 1.807) is 12.1 Å². The van der Waals surface area contributed by atoms with Gasteiger partial charge in [0.05, 0.1) is 52.7 Å². The maximum atomic E-state index is 10.3. The van der Waals surface area contributed by atoms with Crippen LogP contribution in [-0.2, 0) is 36.7 Å². The summed E-state index contributed by atoms with van der Waals surface area (Å²) in [4.78, 5) is 26.9. The van der Waals surface area contributed by atoms with Gasteiger partial charge in [-0.15, -0.1) is 20.5 Å². The first-order valence-corrected chi connectivity index (χ1v) is 16.5. The summed E-state index contributed by atoms with van der Waals surface area (Å²) in [5.74, 6) is 2.77. The Morgan fingerprint density at radius 2 is 0.792 bits per heavy atom. The number of aryl methyl sites for hydroxylation is 1.